The van der Waals surface area contributed by atoms with Gasteiger partial charge in [-0.05, 0) is 43.4 Å². The summed E-state index contributed by atoms with van der Waals surface area (Å²) in [7, 11) is 3.37. The first-order valence-electron chi connectivity index (χ1n) is 11.3. The van der Waals surface area contributed by atoms with Crippen LogP contribution in [0.25, 0.3) is 0 Å². The Morgan fingerprint density at radius 1 is 1.20 bits per heavy atom. The zero-order valence-electron chi connectivity index (χ0n) is 17.6. The van der Waals surface area contributed by atoms with Crippen molar-refractivity contribution in [3.8, 4) is 11.5 Å². The predicted octanol–water partition coefficient (Wildman–Crippen LogP) is 2.50. The number of amides is 1. The Morgan fingerprint density at radius 2 is 2.03 bits per heavy atom. The smallest absolute Gasteiger partial charge is 0.229 e. The summed E-state index contributed by atoms with van der Waals surface area (Å²) >= 11 is 0. The number of anilines is 1. The quantitative estimate of drug-likeness (QED) is 0.704. The molecule has 5 heterocycles. The third-order valence-corrected chi connectivity index (χ3v) is 9.02. The number of hydrogen-bond donors (Lipinski definition) is 0. The first-order chi connectivity index (χ1) is 14.7. The lowest BCUT2D eigenvalue weighted by Gasteiger charge is -2.59. The number of methoxy groups -OCH3 is 2. The van der Waals surface area contributed by atoms with Gasteiger partial charge >= 0.3 is 0 Å². The highest BCUT2D eigenvalue weighted by atomic mass is 16.5. The summed E-state index contributed by atoms with van der Waals surface area (Å²) in [6.45, 7) is 2.91. The van der Waals surface area contributed by atoms with Gasteiger partial charge in [-0.15, -0.1) is 0 Å². The van der Waals surface area contributed by atoms with Gasteiger partial charge in [0.1, 0.15) is 0 Å². The summed E-state index contributed by atoms with van der Waals surface area (Å²) in [5.41, 5.74) is 3.90. The molecule has 4 fully saturated rings. The number of nitrogens with zero attached hydrogens (tertiary/aromatic N) is 2. The van der Waals surface area contributed by atoms with Crippen LogP contribution < -0.4 is 14.4 Å². The Bertz CT molecular complexity index is 990. The van der Waals surface area contributed by atoms with E-state index >= 15 is 0 Å². The maximum Gasteiger partial charge on any atom is 0.229 e. The SMILES string of the molecule is COc1cc2c(cc1OC)[C@@]13CCN4C/C5=C/CCO[C@H]6CC(=O)N2[C@H]1C6[C@H]5C[C@H]43. The van der Waals surface area contributed by atoms with Crippen LogP contribution in [0.5, 0.6) is 11.5 Å². The number of carbonyl (C=O) groups is 1. The Kier molecular flexibility index (Phi) is 3.40. The van der Waals surface area contributed by atoms with Crippen molar-refractivity contribution in [3.63, 3.8) is 0 Å². The third-order valence-electron chi connectivity index (χ3n) is 9.02. The van der Waals surface area contributed by atoms with Crippen LogP contribution in [0.4, 0.5) is 5.69 Å². The average Bonchev–Trinajstić information content (AvgIpc) is 3.28. The molecular weight excluding hydrogens is 380 g/mol. The predicted molar refractivity (Wildman–Crippen MR) is 111 cm³/mol. The molecule has 6 nitrogen and oxygen atoms in total. The van der Waals surface area contributed by atoms with E-state index in [1.54, 1.807) is 19.8 Å². The van der Waals surface area contributed by atoms with Crippen molar-refractivity contribution in [1.29, 1.82) is 0 Å². The van der Waals surface area contributed by atoms with Gasteiger partial charge in [-0.25, -0.2) is 0 Å². The van der Waals surface area contributed by atoms with E-state index in [-0.39, 0.29) is 23.5 Å². The Morgan fingerprint density at radius 3 is 2.87 bits per heavy atom. The maximum atomic E-state index is 13.5. The van der Waals surface area contributed by atoms with E-state index < -0.39 is 0 Å². The number of ether oxygens (including phenoxy) is 3. The lowest BCUT2D eigenvalue weighted by atomic mass is 9.53. The molecule has 7 rings (SSSR count). The van der Waals surface area contributed by atoms with E-state index in [1.165, 1.54) is 12.0 Å². The highest BCUT2D eigenvalue weighted by molar-refractivity contribution is 5.99. The molecule has 158 valence electrons. The van der Waals surface area contributed by atoms with Crippen LogP contribution in [0.3, 0.4) is 0 Å². The van der Waals surface area contributed by atoms with E-state index in [4.69, 9.17) is 14.2 Å². The maximum absolute atomic E-state index is 13.5. The molecule has 1 aromatic carbocycles. The molecule has 1 saturated carbocycles. The van der Waals surface area contributed by atoms with Crippen molar-refractivity contribution in [1.82, 2.24) is 4.90 Å². The van der Waals surface area contributed by atoms with Crippen LogP contribution in [-0.4, -0.2) is 62.9 Å². The summed E-state index contributed by atoms with van der Waals surface area (Å²) in [4.78, 5) is 18.4. The standard InChI is InChI=1S/C24H28N2O4/c1-28-17-9-15-16(10-18(17)29-2)26-21(27)11-19-22-14-8-20-24(15,23(22)26)5-6-25(20)12-13(14)4-3-7-30-19/h4,9-10,14,19-20,22-23H,3,5-8,11-12H2,1-2H3/b13-4-/t14-,19-,20-,22?,23-,24+/m0/s1. The highest BCUT2D eigenvalue weighted by Gasteiger charge is 2.71. The minimum atomic E-state index is -0.0293. The van der Waals surface area contributed by atoms with Crippen molar-refractivity contribution >= 4 is 11.6 Å². The number of carbonyl (C=O) groups excluding carboxylic acids is 1. The van der Waals surface area contributed by atoms with Crippen LogP contribution in [0, 0.1) is 11.8 Å². The monoisotopic (exact) mass is 408 g/mol. The van der Waals surface area contributed by atoms with E-state index in [0.717, 1.165) is 44.0 Å². The fourth-order valence-electron chi connectivity index (χ4n) is 8.06. The topological polar surface area (TPSA) is 51.2 Å². The fraction of sp³-hybridized carbons (Fsp3) is 0.625. The number of piperidine rings is 2. The Hall–Kier alpha value is -2.05. The lowest BCUT2D eigenvalue weighted by molar-refractivity contribution is -0.135. The van der Waals surface area contributed by atoms with Gasteiger partial charge in [-0.2, -0.15) is 0 Å². The van der Waals surface area contributed by atoms with Gasteiger partial charge in [0.25, 0.3) is 0 Å². The van der Waals surface area contributed by atoms with Crippen molar-refractivity contribution in [3.05, 3.63) is 29.3 Å². The molecule has 0 radical (unpaired) electrons. The van der Waals surface area contributed by atoms with Gasteiger partial charge in [-0.1, -0.05) is 11.6 Å². The van der Waals surface area contributed by atoms with Crippen LogP contribution in [0.2, 0.25) is 0 Å². The summed E-state index contributed by atoms with van der Waals surface area (Å²) in [5, 5.41) is 0. The number of fused-ring (bicyclic) bond motifs is 2. The first-order valence-corrected chi connectivity index (χ1v) is 11.3. The Balaban J connectivity index is 1.51. The van der Waals surface area contributed by atoms with Gasteiger partial charge in [0.15, 0.2) is 11.5 Å². The average molecular weight is 408 g/mol. The summed E-state index contributed by atoms with van der Waals surface area (Å²) in [6, 6.07) is 4.88. The molecule has 1 aliphatic carbocycles. The molecule has 1 amide bonds. The van der Waals surface area contributed by atoms with Crippen molar-refractivity contribution in [2.75, 3.05) is 38.8 Å². The largest absolute Gasteiger partial charge is 0.493 e. The molecule has 1 aromatic rings. The summed E-state index contributed by atoms with van der Waals surface area (Å²) in [5.74, 6) is 2.57. The van der Waals surface area contributed by atoms with Crippen LogP contribution in [-0.2, 0) is 14.9 Å². The summed E-state index contributed by atoms with van der Waals surface area (Å²) in [6.07, 6.45) is 6.22. The molecule has 2 bridgehead atoms. The fourth-order valence-corrected chi connectivity index (χ4v) is 8.06. The van der Waals surface area contributed by atoms with E-state index in [9.17, 15) is 4.79 Å². The van der Waals surface area contributed by atoms with Gasteiger partial charge in [0, 0.05) is 30.0 Å². The molecule has 0 N–H and O–H groups in total. The van der Waals surface area contributed by atoms with Gasteiger partial charge in [-0.3, -0.25) is 9.69 Å². The number of benzene rings is 1. The zero-order chi connectivity index (χ0) is 20.2. The van der Waals surface area contributed by atoms with Crippen molar-refractivity contribution < 1.29 is 19.0 Å². The third kappa shape index (κ3) is 1.87. The second kappa shape index (κ2) is 5.80. The Labute approximate surface area is 176 Å². The molecule has 30 heavy (non-hydrogen) atoms. The van der Waals surface area contributed by atoms with Gasteiger partial charge in [0.05, 0.1) is 45.1 Å². The van der Waals surface area contributed by atoms with E-state index in [1.807, 2.05) is 6.07 Å². The minimum Gasteiger partial charge on any atom is -0.493 e. The molecule has 6 aliphatic rings. The second-order valence-electron chi connectivity index (χ2n) is 9.81. The molecule has 3 saturated heterocycles. The molecule has 6 atom stereocenters. The summed E-state index contributed by atoms with van der Waals surface area (Å²) < 4.78 is 17.7. The van der Waals surface area contributed by atoms with E-state index in [0.29, 0.717) is 30.0 Å². The number of rotatable bonds is 2. The van der Waals surface area contributed by atoms with E-state index in [2.05, 4.69) is 21.9 Å². The molecular formula is C24H28N2O4. The van der Waals surface area contributed by atoms with Crippen LogP contribution in [0.15, 0.2) is 23.8 Å². The van der Waals surface area contributed by atoms with Gasteiger partial charge < -0.3 is 19.1 Å². The zero-order valence-corrected chi connectivity index (χ0v) is 17.6. The first kappa shape index (κ1) is 17.6. The molecule has 0 aromatic heterocycles. The van der Waals surface area contributed by atoms with Crippen molar-refractivity contribution in [2.45, 2.75) is 49.3 Å². The molecule has 5 aliphatic heterocycles. The molecule has 1 spiro atoms. The van der Waals surface area contributed by atoms with Gasteiger partial charge in [0.2, 0.25) is 5.91 Å². The normalized spacial score (nSPS) is 42.2. The molecule has 1 unspecified atom stereocenters. The highest BCUT2D eigenvalue weighted by Crippen LogP contribution is 2.66. The second-order valence-corrected chi connectivity index (χ2v) is 9.81. The van der Waals surface area contributed by atoms with Crippen LogP contribution in [0.1, 0.15) is 31.2 Å². The minimum absolute atomic E-state index is 0.0293. The van der Waals surface area contributed by atoms with Crippen LogP contribution >= 0.6 is 0 Å². The van der Waals surface area contributed by atoms with Crippen molar-refractivity contribution in [2.24, 2.45) is 11.8 Å². The molecule has 6 heteroatoms. The number of hydrogen-bond acceptors (Lipinski definition) is 5. The lowest BCUT2D eigenvalue weighted by Crippen LogP contribution is -2.69.